The Kier molecular flexibility index (Phi) is 16.9. The average Bonchev–Trinajstić information content (AvgIpc) is 2.70. The fraction of sp³-hybridized carbons (Fsp3) is 0.800. The summed E-state index contributed by atoms with van der Waals surface area (Å²) in [6.07, 6.45) is 9.47. The molecule has 10 heteroatoms. The third-order valence-corrected chi connectivity index (χ3v) is 5.64. The number of hydrogen-bond donors (Lipinski definition) is 5. The number of nitrogens with one attached hydrogen (secondary N) is 2. The normalized spacial score (nSPS) is 12.7. The zero-order valence-electron chi connectivity index (χ0n) is 17.9. The number of aliphatic carboxylic acids is 2. The highest BCUT2D eigenvalue weighted by Crippen LogP contribution is 2.12. The van der Waals surface area contributed by atoms with Crippen LogP contribution in [0.1, 0.15) is 71.1 Å². The third kappa shape index (κ3) is 16.0. The summed E-state index contributed by atoms with van der Waals surface area (Å²) in [6.45, 7) is 1.66. The molecular formula is C20H37N3O6S. The highest BCUT2D eigenvalue weighted by atomic mass is 32.2. The van der Waals surface area contributed by atoms with E-state index in [-0.39, 0.29) is 12.8 Å². The molecule has 0 aromatic heterocycles. The molecule has 0 heterocycles. The molecule has 0 unspecified atom stereocenters. The maximum atomic E-state index is 12.2. The van der Waals surface area contributed by atoms with Crippen molar-refractivity contribution in [3.63, 3.8) is 0 Å². The first-order valence-corrected chi connectivity index (χ1v) is 11.8. The van der Waals surface area contributed by atoms with Gasteiger partial charge in [-0.25, -0.2) is 0 Å². The second kappa shape index (κ2) is 18.0. The minimum absolute atomic E-state index is 0.0456. The van der Waals surface area contributed by atoms with Crippen LogP contribution in [0.5, 0.6) is 0 Å². The molecule has 0 aliphatic heterocycles. The number of amides is 2. The van der Waals surface area contributed by atoms with Gasteiger partial charge in [0.15, 0.2) is 0 Å². The van der Waals surface area contributed by atoms with Crippen molar-refractivity contribution in [2.45, 2.75) is 83.2 Å². The van der Waals surface area contributed by atoms with Crippen molar-refractivity contribution in [3.05, 3.63) is 0 Å². The van der Waals surface area contributed by atoms with Gasteiger partial charge in [0.2, 0.25) is 11.8 Å². The molecule has 2 amide bonds. The van der Waals surface area contributed by atoms with Gasteiger partial charge in [-0.2, -0.15) is 11.8 Å². The molecule has 0 aliphatic rings. The van der Waals surface area contributed by atoms with E-state index in [0.29, 0.717) is 5.75 Å². The summed E-state index contributed by atoms with van der Waals surface area (Å²) in [6, 6.07) is -2.02. The number of nitrogens with two attached hydrogens (primary N) is 1. The van der Waals surface area contributed by atoms with E-state index >= 15 is 0 Å². The molecule has 9 nitrogen and oxygen atoms in total. The highest BCUT2D eigenvalue weighted by Gasteiger charge is 2.22. The molecule has 2 atom stereocenters. The lowest BCUT2D eigenvalue weighted by molar-refractivity contribution is -0.139. The van der Waals surface area contributed by atoms with Crippen LogP contribution in [0.15, 0.2) is 0 Å². The Morgan fingerprint density at radius 3 is 2.13 bits per heavy atom. The lowest BCUT2D eigenvalue weighted by atomic mass is 10.1. The molecular weight excluding hydrogens is 410 g/mol. The Hall–Kier alpha value is -1.81. The van der Waals surface area contributed by atoms with Crippen LogP contribution >= 0.6 is 11.8 Å². The Morgan fingerprint density at radius 1 is 0.967 bits per heavy atom. The minimum atomic E-state index is -1.19. The number of carbonyl (C=O) groups is 4. The number of unbranched alkanes of at least 4 members (excludes halogenated alkanes) is 7. The van der Waals surface area contributed by atoms with Crippen molar-refractivity contribution in [2.24, 2.45) is 5.73 Å². The maximum absolute atomic E-state index is 12.2. The van der Waals surface area contributed by atoms with Crippen LogP contribution in [0.2, 0.25) is 0 Å². The third-order valence-electron chi connectivity index (χ3n) is 4.49. The Labute approximate surface area is 182 Å². The van der Waals surface area contributed by atoms with Crippen molar-refractivity contribution in [1.29, 1.82) is 0 Å². The van der Waals surface area contributed by atoms with Gasteiger partial charge in [0, 0.05) is 12.2 Å². The fourth-order valence-corrected chi connectivity index (χ4v) is 3.73. The summed E-state index contributed by atoms with van der Waals surface area (Å²) < 4.78 is 0. The molecule has 0 radical (unpaired) electrons. The predicted octanol–water partition coefficient (Wildman–Crippen LogP) is 1.74. The van der Waals surface area contributed by atoms with Crippen molar-refractivity contribution < 1.29 is 29.4 Å². The fourth-order valence-electron chi connectivity index (χ4n) is 2.68. The first-order valence-electron chi connectivity index (χ1n) is 10.6. The lowest BCUT2D eigenvalue weighted by Gasteiger charge is -2.18. The predicted molar refractivity (Wildman–Crippen MR) is 117 cm³/mol. The number of hydrogen-bond acceptors (Lipinski definition) is 6. The van der Waals surface area contributed by atoms with Crippen LogP contribution in [-0.2, 0) is 19.2 Å². The summed E-state index contributed by atoms with van der Waals surface area (Å²) in [4.78, 5) is 45.6. The standard InChI is InChI=1S/C20H37N3O6S/c1-2-3-4-5-6-7-8-9-12-30-14-16(19(27)22-13-18(25)26)23-17(24)11-10-15(21)20(28)29/h15-16H,2-14,21H2,1H3,(H,22,27)(H,23,24)(H,25,26)(H,28,29)/t15-,16-/m1/s1. The van der Waals surface area contributed by atoms with Crippen LogP contribution in [0.3, 0.4) is 0 Å². The molecule has 0 rings (SSSR count). The van der Waals surface area contributed by atoms with Crippen molar-refractivity contribution >= 4 is 35.5 Å². The van der Waals surface area contributed by atoms with Gasteiger partial charge in [-0.3, -0.25) is 19.2 Å². The van der Waals surface area contributed by atoms with Crippen molar-refractivity contribution in [2.75, 3.05) is 18.1 Å². The zero-order chi connectivity index (χ0) is 22.8. The monoisotopic (exact) mass is 447 g/mol. The Balaban J connectivity index is 4.27. The second-order valence-electron chi connectivity index (χ2n) is 7.26. The summed E-state index contributed by atoms with van der Waals surface area (Å²) in [5, 5.41) is 22.3. The quantitative estimate of drug-likeness (QED) is 0.187. The Morgan fingerprint density at radius 2 is 1.57 bits per heavy atom. The number of carbonyl (C=O) groups excluding carboxylic acids is 2. The van der Waals surface area contributed by atoms with Gasteiger partial charge in [0.1, 0.15) is 18.6 Å². The molecule has 0 saturated carbocycles. The van der Waals surface area contributed by atoms with Crippen LogP contribution < -0.4 is 16.4 Å². The lowest BCUT2D eigenvalue weighted by Crippen LogP contribution is -2.49. The summed E-state index contributed by atoms with van der Waals surface area (Å²) in [5.41, 5.74) is 5.38. The van der Waals surface area contributed by atoms with Crippen molar-refractivity contribution in [1.82, 2.24) is 10.6 Å². The smallest absolute Gasteiger partial charge is 0.322 e. The topological polar surface area (TPSA) is 159 Å². The number of carboxylic acids is 2. The molecule has 0 aromatic carbocycles. The van der Waals surface area contributed by atoms with Gasteiger partial charge < -0.3 is 26.6 Å². The molecule has 0 bridgehead atoms. The van der Waals surface area contributed by atoms with E-state index in [1.165, 1.54) is 50.3 Å². The van der Waals surface area contributed by atoms with Gasteiger partial charge in [0.05, 0.1) is 0 Å². The highest BCUT2D eigenvalue weighted by molar-refractivity contribution is 7.99. The Bertz CT molecular complexity index is 533. The van der Waals surface area contributed by atoms with Gasteiger partial charge in [0.25, 0.3) is 0 Å². The van der Waals surface area contributed by atoms with E-state index in [0.717, 1.165) is 18.6 Å². The molecule has 0 aliphatic carbocycles. The first kappa shape index (κ1) is 28.2. The molecule has 0 aromatic rings. The first-order chi connectivity index (χ1) is 14.3. The summed E-state index contributed by atoms with van der Waals surface area (Å²) >= 11 is 1.53. The van der Waals surface area contributed by atoms with E-state index < -0.39 is 42.4 Å². The number of rotatable bonds is 19. The zero-order valence-corrected chi connectivity index (χ0v) is 18.7. The average molecular weight is 448 g/mol. The van der Waals surface area contributed by atoms with Gasteiger partial charge >= 0.3 is 11.9 Å². The van der Waals surface area contributed by atoms with Gasteiger partial charge in [-0.1, -0.05) is 51.9 Å². The van der Waals surface area contributed by atoms with Crippen LogP contribution in [0.4, 0.5) is 0 Å². The maximum Gasteiger partial charge on any atom is 0.322 e. The van der Waals surface area contributed by atoms with E-state index in [1.807, 2.05) is 0 Å². The van der Waals surface area contributed by atoms with E-state index in [2.05, 4.69) is 17.6 Å². The number of thioether (sulfide) groups is 1. The van der Waals surface area contributed by atoms with Gasteiger partial charge in [-0.05, 0) is 18.6 Å². The largest absolute Gasteiger partial charge is 0.480 e. The number of carboxylic acid groups (broad SMARTS) is 2. The van der Waals surface area contributed by atoms with E-state index in [4.69, 9.17) is 15.9 Å². The van der Waals surface area contributed by atoms with Crippen LogP contribution in [-0.4, -0.2) is 64.1 Å². The molecule has 30 heavy (non-hydrogen) atoms. The van der Waals surface area contributed by atoms with E-state index in [1.54, 1.807) is 0 Å². The van der Waals surface area contributed by atoms with Crippen molar-refractivity contribution in [3.8, 4) is 0 Å². The summed E-state index contributed by atoms with van der Waals surface area (Å²) in [7, 11) is 0. The minimum Gasteiger partial charge on any atom is -0.480 e. The molecule has 0 fully saturated rings. The molecule has 174 valence electrons. The van der Waals surface area contributed by atoms with Gasteiger partial charge in [-0.15, -0.1) is 0 Å². The van der Waals surface area contributed by atoms with Crippen LogP contribution in [0.25, 0.3) is 0 Å². The second-order valence-corrected chi connectivity index (χ2v) is 8.41. The SMILES string of the molecule is CCCCCCCCCCSC[C@@H](NC(=O)CC[C@@H](N)C(=O)O)C(=O)NCC(=O)O. The molecule has 0 spiro atoms. The molecule has 6 N–H and O–H groups in total. The molecule has 0 saturated heterocycles. The van der Waals surface area contributed by atoms with Crippen LogP contribution in [0, 0.1) is 0 Å². The van der Waals surface area contributed by atoms with E-state index in [9.17, 15) is 19.2 Å². The summed E-state index contributed by atoms with van der Waals surface area (Å²) in [5.74, 6) is -2.27.